The van der Waals surface area contributed by atoms with Crippen molar-refractivity contribution in [2.45, 2.75) is 35.8 Å². The molecule has 1 aliphatic carbocycles. The minimum Gasteiger partial charge on any atom is -0.329 e. The summed E-state index contributed by atoms with van der Waals surface area (Å²) in [6.45, 7) is 3.12. The van der Waals surface area contributed by atoms with Crippen LogP contribution in [-0.4, -0.2) is 11.3 Å². The molecule has 2 atom stereocenters. The van der Waals surface area contributed by atoms with Gasteiger partial charge in [0.15, 0.2) is 0 Å². The van der Waals surface area contributed by atoms with Gasteiger partial charge in [-0.1, -0.05) is 35.3 Å². The lowest BCUT2D eigenvalue weighted by molar-refractivity contribution is 0.476. The van der Waals surface area contributed by atoms with E-state index in [2.05, 4.69) is 47.1 Å². The summed E-state index contributed by atoms with van der Waals surface area (Å²) < 4.78 is 1.41. The molecule has 0 spiro atoms. The highest BCUT2D eigenvalue weighted by atomic mass is 79.9. The van der Waals surface area contributed by atoms with Gasteiger partial charge in [-0.25, -0.2) is 0 Å². The van der Waals surface area contributed by atoms with Crippen LogP contribution in [0.5, 0.6) is 0 Å². The quantitative estimate of drug-likeness (QED) is 0.911. The van der Waals surface area contributed by atoms with Crippen molar-refractivity contribution in [3.63, 3.8) is 0 Å². The van der Waals surface area contributed by atoms with Gasteiger partial charge in [0, 0.05) is 20.7 Å². The minimum atomic E-state index is 0.265. The van der Waals surface area contributed by atoms with Crippen LogP contribution < -0.4 is 5.73 Å². The van der Waals surface area contributed by atoms with Crippen molar-refractivity contribution in [2.75, 3.05) is 6.54 Å². The third kappa shape index (κ3) is 2.47. The zero-order valence-electron chi connectivity index (χ0n) is 9.58. The predicted octanol–water partition coefficient (Wildman–Crippen LogP) is 4.06. The Labute approximate surface area is 110 Å². The van der Waals surface area contributed by atoms with E-state index < -0.39 is 0 Å². The van der Waals surface area contributed by atoms with Gasteiger partial charge in [0.1, 0.15) is 0 Å². The van der Waals surface area contributed by atoms with Gasteiger partial charge >= 0.3 is 0 Å². The zero-order chi connectivity index (χ0) is 11.6. The molecule has 0 radical (unpaired) electrons. The summed E-state index contributed by atoms with van der Waals surface area (Å²) in [5.74, 6) is 0.724. The van der Waals surface area contributed by atoms with Crippen molar-refractivity contribution in [1.82, 2.24) is 0 Å². The Hall–Kier alpha value is 0.01000. The van der Waals surface area contributed by atoms with E-state index in [1.165, 1.54) is 24.2 Å². The van der Waals surface area contributed by atoms with Crippen LogP contribution in [0.4, 0.5) is 0 Å². The van der Waals surface area contributed by atoms with Crippen LogP contribution in [0.25, 0.3) is 0 Å². The highest BCUT2D eigenvalue weighted by Crippen LogP contribution is 2.48. The molecule has 88 valence electrons. The molecule has 1 saturated carbocycles. The third-order valence-corrected chi connectivity index (χ3v) is 5.76. The second-order valence-corrected chi connectivity index (χ2v) is 7.03. The number of thioether (sulfide) groups is 1. The van der Waals surface area contributed by atoms with Crippen LogP contribution in [0.3, 0.4) is 0 Å². The van der Waals surface area contributed by atoms with Crippen molar-refractivity contribution < 1.29 is 0 Å². The maximum absolute atomic E-state index is 6.01. The first-order valence-corrected chi connectivity index (χ1v) is 7.42. The molecule has 1 aliphatic rings. The van der Waals surface area contributed by atoms with E-state index in [4.69, 9.17) is 5.73 Å². The highest BCUT2D eigenvalue weighted by molar-refractivity contribution is 9.10. The van der Waals surface area contributed by atoms with Crippen LogP contribution in [0.2, 0.25) is 0 Å². The summed E-state index contributed by atoms with van der Waals surface area (Å²) in [6, 6.07) is 8.53. The van der Waals surface area contributed by atoms with Crippen molar-refractivity contribution in [1.29, 1.82) is 0 Å². The molecular formula is C13H18BrNS. The monoisotopic (exact) mass is 299 g/mol. The van der Waals surface area contributed by atoms with Gasteiger partial charge in [-0.2, -0.15) is 0 Å². The molecule has 0 saturated heterocycles. The molecule has 1 aromatic carbocycles. The van der Waals surface area contributed by atoms with Crippen molar-refractivity contribution >= 4 is 27.7 Å². The first kappa shape index (κ1) is 12.5. The maximum atomic E-state index is 6.01. The van der Waals surface area contributed by atoms with Crippen molar-refractivity contribution in [2.24, 2.45) is 11.7 Å². The Kier molecular flexibility index (Phi) is 3.98. The maximum Gasteiger partial charge on any atom is 0.0354 e. The fourth-order valence-corrected chi connectivity index (χ4v) is 4.48. The van der Waals surface area contributed by atoms with Gasteiger partial charge in [-0.3, -0.25) is 0 Å². The van der Waals surface area contributed by atoms with Crippen LogP contribution >= 0.6 is 27.7 Å². The van der Waals surface area contributed by atoms with E-state index >= 15 is 0 Å². The summed E-state index contributed by atoms with van der Waals surface area (Å²) in [5, 5.41) is 0. The Morgan fingerprint density at radius 1 is 1.56 bits per heavy atom. The SMILES string of the molecule is CC1CCCC1(CN)Sc1cccc(Br)c1. The smallest absolute Gasteiger partial charge is 0.0354 e. The van der Waals surface area contributed by atoms with Crippen molar-refractivity contribution in [3.8, 4) is 0 Å². The number of halogens is 1. The molecule has 0 amide bonds. The fourth-order valence-electron chi connectivity index (χ4n) is 2.48. The molecule has 1 nitrogen and oxygen atoms in total. The molecule has 0 aliphatic heterocycles. The average molecular weight is 300 g/mol. The second kappa shape index (κ2) is 5.11. The van der Waals surface area contributed by atoms with Gasteiger partial charge in [0.25, 0.3) is 0 Å². The Morgan fingerprint density at radius 3 is 2.94 bits per heavy atom. The fraction of sp³-hybridized carbons (Fsp3) is 0.538. The number of nitrogens with two attached hydrogens (primary N) is 1. The highest BCUT2D eigenvalue weighted by Gasteiger charge is 2.39. The van der Waals surface area contributed by atoms with Crippen LogP contribution in [0.1, 0.15) is 26.2 Å². The second-order valence-electron chi connectivity index (χ2n) is 4.62. The number of hydrogen-bond acceptors (Lipinski definition) is 2. The van der Waals surface area contributed by atoms with E-state index in [0.717, 1.165) is 16.9 Å². The minimum absolute atomic E-state index is 0.265. The third-order valence-electron chi connectivity index (χ3n) is 3.60. The molecule has 0 bridgehead atoms. The van der Waals surface area contributed by atoms with E-state index in [-0.39, 0.29) is 4.75 Å². The van der Waals surface area contributed by atoms with Gasteiger partial charge in [0.05, 0.1) is 0 Å². The molecular weight excluding hydrogens is 282 g/mol. The molecule has 2 rings (SSSR count). The molecule has 3 heteroatoms. The summed E-state index contributed by atoms with van der Waals surface area (Å²) in [5.41, 5.74) is 6.01. The topological polar surface area (TPSA) is 26.0 Å². The van der Waals surface area contributed by atoms with Gasteiger partial charge in [-0.05, 0) is 37.0 Å². The van der Waals surface area contributed by atoms with Gasteiger partial charge in [-0.15, -0.1) is 11.8 Å². The van der Waals surface area contributed by atoms with E-state index in [0.29, 0.717) is 0 Å². The lowest BCUT2D eigenvalue weighted by atomic mass is 9.97. The average Bonchev–Trinajstić information content (AvgIpc) is 2.61. The van der Waals surface area contributed by atoms with Crippen LogP contribution in [-0.2, 0) is 0 Å². The number of hydrogen-bond donors (Lipinski definition) is 1. The summed E-state index contributed by atoms with van der Waals surface area (Å²) in [6.07, 6.45) is 3.89. The zero-order valence-corrected chi connectivity index (χ0v) is 12.0. The molecule has 2 N–H and O–H groups in total. The van der Waals surface area contributed by atoms with Crippen LogP contribution in [0.15, 0.2) is 33.6 Å². The normalized spacial score (nSPS) is 29.6. The van der Waals surface area contributed by atoms with Crippen LogP contribution in [0, 0.1) is 5.92 Å². The predicted molar refractivity (Wildman–Crippen MR) is 74.8 cm³/mol. The first-order chi connectivity index (χ1) is 7.66. The molecule has 2 unspecified atom stereocenters. The molecule has 16 heavy (non-hydrogen) atoms. The first-order valence-electron chi connectivity index (χ1n) is 5.81. The number of benzene rings is 1. The van der Waals surface area contributed by atoms with Gasteiger partial charge in [0.2, 0.25) is 0 Å². The van der Waals surface area contributed by atoms with E-state index in [1.807, 2.05) is 11.8 Å². The summed E-state index contributed by atoms with van der Waals surface area (Å²) in [7, 11) is 0. The molecule has 1 aromatic rings. The Balaban J connectivity index is 2.18. The standard InChI is InChI=1S/C13H18BrNS/c1-10-4-3-7-13(10,9-15)16-12-6-2-5-11(14)8-12/h2,5-6,8,10H,3-4,7,9,15H2,1H3. The number of rotatable bonds is 3. The lowest BCUT2D eigenvalue weighted by Crippen LogP contribution is -2.36. The van der Waals surface area contributed by atoms with Gasteiger partial charge < -0.3 is 5.73 Å². The van der Waals surface area contributed by atoms with E-state index in [1.54, 1.807) is 0 Å². The Bertz CT molecular complexity index is 369. The molecule has 0 heterocycles. The largest absolute Gasteiger partial charge is 0.329 e. The molecule has 1 fully saturated rings. The molecule has 0 aromatic heterocycles. The van der Waals surface area contributed by atoms with Crippen molar-refractivity contribution in [3.05, 3.63) is 28.7 Å². The summed E-state index contributed by atoms with van der Waals surface area (Å²) >= 11 is 5.49. The lowest BCUT2D eigenvalue weighted by Gasteiger charge is -2.31. The summed E-state index contributed by atoms with van der Waals surface area (Å²) in [4.78, 5) is 1.33. The van der Waals surface area contributed by atoms with E-state index in [9.17, 15) is 0 Å². The Morgan fingerprint density at radius 2 is 2.38 bits per heavy atom.